The molecule has 0 saturated carbocycles. The van der Waals surface area contributed by atoms with Gasteiger partial charge in [-0.2, -0.15) is 0 Å². The summed E-state index contributed by atoms with van der Waals surface area (Å²) >= 11 is 0. The molecule has 0 spiro atoms. The maximum Gasteiger partial charge on any atom is 0.309 e. The van der Waals surface area contributed by atoms with Crippen molar-refractivity contribution >= 4 is 5.97 Å². The summed E-state index contributed by atoms with van der Waals surface area (Å²) in [5.74, 6) is -2.09. The molecule has 1 aromatic rings. The Morgan fingerprint density at radius 2 is 2.80 bits per heavy atom. The predicted molar refractivity (Wildman–Crippen MR) is 55.1 cm³/mol. The third-order valence-corrected chi connectivity index (χ3v) is 2.59. The van der Waals surface area contributed by atoms with Crippen LogP contribution in [0, 0.1) is 11.8 Å². The second kappa shape index (κ2) is 4.04. The van der Waals surface area contributed by atoms with E-state index in [4.69, 9.17) is 15.7 Å². The van der Waals surface area contributed by atoms with Crippen molar-refractivity contribution in [1.82, 2.24) is 9.55 Å². The van der Waals surface area contributed by atoms with E-state index in [-0.39, 0.29) is 31.3 Å². The van der Waals surface area contributed by atoms with Gasteiger partial charge in [0.05, 0.1) is 20.2 Å². The Balaban J connectivity index is 2.30. The third kappa shape index (κ3) is 1.89. The lowest BCUT2D eigenvalue weighted by atomic mass is 9.89. The summed E-state index contributed by atoms with van der Waals surface area (Å²) in [6.45, 7) is -5.04. The summed E-state index contributed by atoms with van der Waals surface area (Å²) in [7, 11) is 0. The van der Waals surface area contributed by atoms with Gasteiger partial charge in [-0.05, 0) is 12.8 Å². The number of imidazole rings is 1. The van der Waals surface area contributed by atoms with Crippen molar-refractivity contribution in [2.24, 2.45) is 18.8 Å². The Bertz CT molecular complexity index is 606. The van der Waals surface area contributed by atoms with Crippen molar-refractivity contribution in [3.05, 3.63) is 18.2 Å². The number of carbonyl (C=O) groups is 1. The van der Waals surface area contributed by atoms with E-state index in [0.29, 0.717) is 4.57 Å². The molecule has 4 nitrogen and oxygen atoms in total. The fourth-order valence-corrected chi connectivity index (χ4v) is 1.69. The van der Waals surface area contributed by atoms with Crippen LogP contribution in [0.1, 0.15) is 29.9 Å². The highest BCUT2D eigenvalue weighted by Gasteiger charge is 2.35. The molecule has 0 aromatic carbocycles. The van der Waals surface area contributed by atoms with Gasteiger partial charge in [-0.3, -0.25) is 4.79 Å². The molecule has 1 aliphatic heterocycles. The number of nitrogens with zero attached hydrogens (tertiary/aromatic N) is 2. The topological polar surface area (TPSA) is 44.1 Å². The maximum atomic E-state index is 11.7. The molecule has 1 fully saturated rings. The Kier molecular flexibility index (Phi) is 1.15. The molecule has 1 saturated heterocycles. The van der Waals surface area contributed by atoms with Crippen LogP contribution in [0.25, 0.3) is 0 Å². The Hall–Kier alpha value is -1.32. The molecule has 2 heterocycles. The van der Waals surface area contributed by atoms with Crippen molar-refractivity contribution < 1.29 is 20.5 Å². The highest BCUT2D eigenvalue weighted by molar-refractivity contribution is 5.74. The number of rotatable bonds is 3. The lowest BCUT2D eigenvalue weighted by Crippen LogP contribution is -2.18. The average molecular weight is 216 g/mol. The maximum absolute atomic E-state index is 11.7. The molecule has 4 heteroatoms. The Morgan fingerprint density at radius 1 is 1.87 bits per heavy atom. The van der Waals surface area contributed by atoms with Crippen LogP contribution in [0.5, 0.6) is 0 Å². The normalized spacial score (nSPS) is 35.1. The number of cyclic esters (lactones) is 1. The number of hydrogen-bond donors (Lipinski definition) is 0. The van der Waals surface area contributed by atoms with Gasteiger partial charge in [0.2, 0.25) is 0 Å². The lowest BCUT2D eigenvalue weighted by molar-refractivity contribution is -0.141. The molecule has 1 aromatic heterocycles. The van der Waals surface area contributed by atoms with E-state index >= 15 is 0 Å². The van der Waals surface area contributed by atoms with Gasteiger partial charge in [-0.1, -0.05) is 6.85 Å². The first-order valence-electron chi connectivity index (χ1n) is 8.62. The van der Waals surface area contributed by atoms with E-state index < -0.39 is 37.9 Å². The van der Waals surface area contributed by atoms with E-state index in [1.54, 1.807) is 0 Å². The minimum Gasteiger partial charge on any atom is -0.465 e. The molecule has 0 radical (unpaired) electrons. The van der Waals surface area contributed by atoms with Crippen LogP contribution in [0.2, 0.25) is 0 Å². The van der Waals surface area contributed by atoms with Gasteiger partial charge in [-0.25, -0.2) is 4.98 Å². The van der Waals surface area contributed by atoms with E-state index in [9.17, 15) is 4.79 Å². The zero-order chi connectivity index (χ0) is 17.6. The van der Waals surface area contributed by atoms with Gasteiger partial charge in [0.25, 0.3) is 0 Å². The highest BCUT2D eigenvalue weighted by atomic mass is 16.5. The number of ether oxygens (including phenoxy) is 1. The zero-order valence-corrected chi connectivity index (χ0v) is 7.99. The fourth-order valence-electron chi connectivity index (χ4n) is 1.69. The Morgan fingerprint density at radius 3 is 3.60 bits per heavy atom. The number of aromatic nitrogens is 2. The second-order valence-corrected chi connectivity index (χ2v) is 3.51. The summed E-state index contributed by atoms with van der Waals surface area (Å²) < 4.78 is 65.1. The highest BCUT2D eigenvalue weighted by Crippen LogP contribution is 2.27. The van der Waals surface area contributed by atoms with Crippen molar-refractivity contribution in [3.63, 3.8) is 0 Å². The van der Waals surface area contributed by atoms with Crippen LogP contribution in [0.4, 0.5) is 0 Å². The van der Waals surface area contributed by atoms with E-state index in [1.807, 2.05) is 0 Å². The number of hydrogen-bond acceptors (Lipinski definition) is 3. The quantitative estimate of drug-likeness (QED) is 0.712. The summed E-state index contributed by atoms with van der Waals surface area (Å²) in [4.78, 5) is 15.3. The summed E-state index contributed by atoms with van der Waals surface area (Å²) in [6.07, 6.45) is -1.37. The lowest BCUT2D eigenvalue weighted by Gasteiger charge is -2.12. The summed E-state index contributed by atoms with van der Waals surface area (Å²) in [5.41, 5.74) is -0.0196. The largest absolute Gasteiger partial charge is 0.465 e. The third-order valence-electron chi connectivity index (χ3n) is 2.59. The first-order valence-corrected chi connectivity index (χ1v) is 4.62. The van der Waals surface area contributed by atoms with Crippen LogP contribution >= 0.6 is 0 Å². The van der Waals surface area contributed by atoms with Crippen molar-refractivity contribution in [2.45, 2.75) is 19.7 Å². The molecule has 0 aliphatic carbocycles. The molecule has 82 valence electrons. The zero-order valence-electron chi connectivity index (χ0n) is 16.0. The Labute approximate surface area is 100 Å². The first-order chi connectivity index (χ1) is 10.4. The van der Waals surface area contributed by atoms with Crippen LogP contribution in [-0.4, -0.2) is 22.1 Å². The van der Waals surface area contributed by atoms with Crippen molar-refractivity contribution in [1.29, 1.82) is 0 Å². The van der Waals surface area contributed by atoms with Gasteiger partial charge >= 0.3 is 5.97 Å². The monoisotopic (exact) mass is 216 g/mol. The molecule has 15 heavy (non-hydrogen) atoms. The van der Waals surface area contributed by atoms with Gasteiger partial charge in [0.1, 0.15) is 1.37 Å². The molecular weight excluding hydrogens is 192 g/mol. The standard InChI is InChI=1S/C11H16N2O2/c1-3-10-8(6-15-11(10)14)4-9-5-12-7-13(9)2/h5,7-8,10H,3-4,6H2,1-2H3/t8-,10-/m0/s1/i1D3,2D3,5D,7D. The number of esters is 1. The minimum atomic E-state index is -2.68. The van der Waals surface area contributed by atoms with E-state index in [2.05, 4.69) is 4.98 Å². The van der Waals surface area contributed by atoms with Crippen LogP contribution in [-0.2, 0) is 22.9 Å². The van der Waals surface area contributed by atoms with E-state index in [1.165, 1.54) is 0 Å². The average Bonchev–Trinajstić information content (AvgIpc) is 2.81. The summed E-state index contributed by atoms with van der Waals surface area (Å²) in [6, 6.07) is 0. The van der Waals surface area contributed by atoms with Crippen molar-refractivity contribution in [3.8, 4) is 0 Å². The SMILES string of the molecule is [2H]c1nc([2H])n(C([2H])([2H])[2H])c1C[C@H]1COC(=O)[C@H]1CC([2H])([2H])[2H]. The predicted octanol–water partition coefficient (Wildman–Crippen LogP) is 1.16. The van der Waals surface area contributed by atoms with Gasteiger partial charge in [0, 0.05) is 33.0 Å². The van der Waals surface area contributed by atoms with Crippen LogP contribution in [0.15, 0.2) is 12.5 Å². The molecule has 1 aliphatic rings. The first kappa shape index (κ1) is 4.28. The molecule has 0 N–H and O–H groups in total. The van der Waals surface area contributed by atoms with Crippen LogP contribution in [0.3, 0.4) is 0 Å². The van der Waals surface area contributed by atoms with E-state index in [0.717, 1.165) is 0 Å². The fraction of sp³-hybridized carbons (Fsp3) is 0.636. The molecule has 2 atom stereocenters. The molecule has 0 unspecified atom stereocenters. The number of carbonyl (C=O) groups excluding carboxylic acids is 1. The molecule has 0 amide bonds. The molecular formula is C11H16N2O2. The van der Waals surface area contributed by atoms with Crippen LogP contribution < -0.4 is 0 Å². The summed E-state index contributed by atoms with van der Waals surface area (Å²) in [5, 5.41) is 0. The minimum absolute atomic E-state index is 0.0196. The molecule has 2 rings (SSSR count). The smallest absolute Gasteiger partial charge is 0.309 e. The van der Waals surface area contributed by atoms with Gasteiger partial charge in [0.15, 0.2) is 0 Å². The second-order valence-electron chi connectivity index (χ2n) is 3.51. The van der Waals surface area contributed by atoms with Crippen molar-refractivity contribution in [2.75, 3.05) is 6.61 Å². The van der Waals surface area contributed by atoms with Gasteiger partial charge < -0.3 is 9.30 Å². The van der Waals surface area contributed by atoms with Gasteiger partial charge in [-0.15, -0.1) is 0 Å². The molecule has 0 bridgehead atoms.